The van der Waals surface area contributed by atoms with Gasteiger partial charge in [-0.15, -0.1) is 0 Å². The van der Waals surface area contributed by atoms with Gasteiger partial charge in [0.15, 0.2) is 6.23 Å². The number of hydrogen-bond acceptors (Lipinski definition) is 2. The average molecular weight is 383 g/mol. The zero-order valence-corrected chi connectivity index (χ0v) is 13.0. The van der Waals surface area contributed by atoms with Crippen molar-refractivity contribution < 1.29 is 27.1 Å². The molecule has 1 atom stereocenters. The van der Waals surface area contributed by atoms with Crippen LogP contribution in [0.4, 0.5) is 17.6 Å². The molecule has 22 heavy (non-hydrogen) atoms. The number of carbonyl (C=O) groups is 1. The van der Waals surface area contributed by atoms with Crippen molar-refractivity contribution >= 4 is 40.7 Å². The Bertz CT molecular complexity index is 497. The molecule has 1 aromatic carbocycles. The van der Waals surface area contributed by atoms with Gasteiger partial charge in [0.1, 0.15) is 6.61 Å². The zero-order chi connectivity index (χ0) is 17.0. The van der Waals surface area contributed by atoms with Gasteiger partial charge in [0.2, 0.25) is 3.79 Å². The third kappa shape index (κ3) is 5.79. The first-order valence-corrected chi connectivity index (χ1v) is 6.87. The van der Waals surface area contributed by atoms with Crippen molar-refractivity contribution in [3.63, 3.8) is 0 Å². The van der Waals surface area contributed by atoms with Crippen LogP contribution in [-0.2, 0) is 4.74 Å². The molecule has 0 radical (unpaired) electrons. The summed E-state index contributed by atoms with van der Waals surface area (Å²) in [7, 11) is 0. The Balaban J connectivity index is 2.76. The van der Waals surface area contributed by atoms with E-state index >= 15 is 0 Å². The molecule has 1 N–H and O–H groups in total. The molecule has 0 aliphatic heterocycles. The Morgan fingerprint density at radius 2 is 1.73 bits per heavy atom. The smallest absolute Gasteiger partial charge is 0.330 e. The highest BCUT2D eigenvalue weighted by Crippen LogP contribution is 2.33. The molecule has 0 fully saturated rings. The largest absolute Gasteiger partial charge is 0.347 e. The Kier molecular flexibility index (Phi) is 6.73. The number of nitrogens with one attached hydrogen (secondary N) is 1. The molecule has 124 valence electrons. The zero-order valence-electron chi connectivity index (χ0n) is 10.7. The fourth-order valence-electron chi connectivity index (χ4n) is 1.27. The van der Waals surface area contributed by atoms with Crippen LogP contribution >= 0.6 is 34.8 Å². The first-order chi connectivity index (χ1) is 10.0. The molecule has 0 aromatic heterocycles. The van der Waals surface area contributed by atoms with Crippen molar-refractivity contribution in [3.8, 4) is 0 Å². The number of amides is 1. The van der Waals surface area contributed by atoms with Crippen LogP contribution in [0, 0.1) is 0 Å². The monoisotopic (exact) mass is 381 g/mol. The van der Waals surface area contributed by atoms with Crippen molar-refractivity contribution in [3.05, 3.63) is 35.9 Å². The van der Waals surface area contributed by atoms with E-state index in [0.29, 0.717) is 0 Å². The van der Waals surface area contributed by atoms with Crippen molar-refractivity contribution in [2.75, 3.05) is 6.61 Å². The first kappa shape index (κ1) is 19.3. The Morgan fingerprint density at radius 3 is 2.18 bits per heavy atom. The van der Waals surface area contributed by atoms with Gasteiger partial charge < -0.3 is 10.1 Å². The molecular weight excluding hydrogens is 372 g/mol. The molecule has 0 saturated carbocycles. The molecule has 1 aromatic rings. The molecule has 3 nitrogen and oxygen atoms in total. The topological polar surface area (TPSA) is 38.3 Å². The molecule has 0 heterocycles. The summed E-state index contributed by atoms with van der Waals surface area (Å²) in [5.41, 5.74) is 0.144. The minimum atomic E-state index is -4.44. The maximum atomic E-state index is 12.8. The normalized spacial score (nSPS) is 14.0. The van der Waals surface area contributed by atoms with Gasteiger partial charge in [0.05, 0.1) is 0 Å². The fourth-order valence-corrected chi connectivity index (χ4v) is 1.62. The maximum absolute atomic E-state index is 12.8. The molecular formula is C12H10Cl3F4NO2. The Morgan fingerprint density at radius 1 is 1.18 bits per heavy atom. The van der Waals surface area contributed by atoms with Crippen molar-refractivity contribution in [1.29, 1.82) is 0 Å². The van der Waals surface area contributed by atoms with Crippen LogP contribution in [0.3, 0.4) is 0 Å². The van der Waals surface area contributed by atoms with E-state index in [-0.39, 0.29) is 5.56 Å². The van der Waals surface area contributed by atoms with Gasteiger partial charge in [-0.25, -0.2) is 8.78 Å². The van der Waals surface area contributed by atoms with E-state index in [4.69, 9.17) is 34.8 Å². The lowest BCUT2D eigenvalue weighted by molar-refractivity contribution is -0.177. The molecule has 1 amide bonds. The number of rotatable bonds is 6. The second kappa shape index (κ2) is 7.68. The molecule has 1 rings (SSSR count). The predicted octanol–water partition coefficient (Wildman–Crippen LogP) is 4.03. The standard InChI is InChI=1S/C12H10Cl3F4NO2/c13-12(14,15)10(22-6-11(18,19)9(16)17)20-8(21)7-4-2-1-3-5-7/h1-5,9-10H,6H2,(H,20,21). The van der Waals surface area contributed by atoms with Crippen molar-refractivity contribution in [2.45, 2.75) is 22.4 Å². The highest BCUT2D eigenvalue weighted by molar-refractivity contribution is 6.68. The summed E-state index contributed by atoms with van der Waals surface area (Å²) in [6, 6.07) is 7.57. The van der Waals surface area contributed by atoms with E-state index in [1.807, 2.05) is 5.32 Å². The molecule has 0 bridgehead atoms. The van der Waals surface area contributed by atoms with Crippen LogP contribution in [0.15, 0.2) is 30.3 Å². The molecule has 1 unspecified atom stereocenters. The highest BCUT2D eigenvalue weighted by atomic mass is 35.6. The summed E-state index contributed by atoms with van der Waals surface area (Å²) in [6.07, 6.45) is -5.79. The quantitative estimate of drug-likeness (QED) is 0.458. The van der Waals surface area contributed by atoms with Gasteiger partial charge in [-0.3, -0.25) is 4.79 Å². The minimum absolute atomic E-state index is 0.144. The van der Waals surface area contributed by atoms with Crippen LogP contribution in [-0.4, -0.2) is 34.9 Å². The van der Waals surface area contributed by atoms with E-state index in [0.717, 1.165) is 0 Å². The van der Waals surface area contributed by atoms with E-state index in [1.165, 1.54) is 12.1 Å². The second-order valence-corrected chi connectivity index (χ2v) is 6.50. The van der Waals surface area contributed by atoms with Crippen LogP contribution in [0.25, 0.3) is 0 Å². The van der Waals surface area contributed by atoms with Crippen LogP contribution in [0.1, 0.15) is 10.4 Å². The molecule has 0 aliphatic rings. The van der Waals surface area contributed by atoms with Crippen LogP contribution in [0.2, 0.25) is 0 Å². The first-order valence-electron chi connectivity index (χ1n) is 5.74. The number of ether oxygens (including phenoxy) is 1. The van der Waals surface area contributed by atoms with Gasteiger partial charge in [-0.05, 0) is 12.1 Å². The predicted molar refractivity (Wildman–Crippen MR) is 74.9 cm³/mol. The van der Waals surface area contributed by atoms with Crippen LogP contribution in [0.5, 0.6) is 0 Å². The molecule has 0 saturated heterocycles. The minimum Gasteiger partial charge on any atom is -0.347 e. The Labute approximate surface area is 138 Å². The van der Waals surface area contributed by atoms with Crippen LogP contribution < -0.4 is 5.32 Å². The van der Waals surface area contributed by atoms with Gasteiger partial charge >= 0.3 is 12.3 Å². The maximum Gasteiger partial charge on any atom is 0.330 e. The lowest BCUT2D eigenvalue weighted by Gasteiger charge is -2.27. The number of hydrogen-bond donors (Lipinski definition) is 1. The summed E-state index contributed by atoms with van der Waals surface area (Å²) in [5.74, 6) is -5.22. The lowest BCUT2D eigenvalue weighted by Crippen LogP contribution is -2.48. The summed E-state index contributed by atoms with van der Waals surface area (Å²) < 4.78 is 52.0. The van der Waals surface area contributed by atoms with E-state index in [1.54, 1.807) is 18.2 Å². The second-order valence-electron chi connectivity index (χ2n) is 4.13. The number of carbonyl (C=O) groups excluding carboxylic acids is 1. The molecule has 0 spiro atoms. The SMILES string of the molecule is O=C(NC(OCC(F)(F)C(F)F)C(Cl)(Cl)Cl)c1ccccc1. The fraction of sp³-hybridized carbons (Fsp3) is 0.417. The molecule has 0 aliphatic carbocycles. The number of halogens is 7. The number of benzene rings is 1. The number of alkyl halides is 7. The van der Waals surface area contributed by atoms with Gasteiger partial charge in [0, 0.05) is 5.56 Å². The summed E-state index contributed by atoms with van der Waals surface area (Å²) in [6.45, 7) is -1.72. The summed E-state index contributed by atoms with van der Waals surface area (Å²) in [5, 5.41) is 2.05. The summed E-state index contributed by atoms with van der Waals surface area (Å²) in [4.78, 5) is 11.9. The van der Waals surface area contributed by atoms with Crippen molar-refractivity contribution in [1.82, 2.24) is 5.32 Å². The van der Waals surface area contributed by atoms with E-state index in [2.05, 4.69) is 4.74 Å². The average Bonchev–Trinajstić information content (AvgIpc) is 2.42. The van der Waals surface area contributed by atoms with E-state index < -0.39 is 34.9 Å². The van der Waals surface area contributed by atoms with Crippen molar-refractivity contribution in [2.24, 2.45) is 0 Å². The van der Waals surface area contributed by atoms with Gasteiger partial charge in [-0.2, -0.15) is 8.78 Å². The lowest BCUT2D eigenvalue weighted by atomic mass is 10.2. The Hall–Kier alpha value is -0.760. The summed E-state index contributed by atoms with van der Waals surface area (Å²) >= 11 is 16.5. The third-order valence-electron chi connectivity index (χ3n) is 2.36. The van der Waals surface area contributed by atoms with Gasteiger partial charge in [-0.1, -0.05) is 53.0 Å². The van der Waals surface area contributed by atoms with Gasteiger partial charge in [0.25, 0.3) is 5.91 Å². The highest BCUT2D eigenvalue weighted by Gasteiger charge is 2.44. The third-order valence-corrected chi connectivity index (χ3v) is 2.95. The van der Waals surface area contributed by atoms with E-state index in [9.17, 15) is 22.4 Å². The molecule has 10 heteroatoms.